The van der Waals surface area contributed by atoms with E-state index in [1.165, 1.54) is 23.5 Å². The van der Waals surface area contributed by atoms with E-state index in [-0.39, 0.29) is 24.0 Å². The number of anilines is 1. The molecule has 0 bridgehead atoms. The number of hydrogen-bond acceptors (Lipinski definition) is 7. The van der Waals surface area contributed by atoms with Gasteiger partial charge in [0, 0.05) is 31.4 Å². The van der Waals surface area contributed by atoms with E-state index in [4.69, 9.17) is 10.8 Å². The average Bonchev–Trinajstić information content (AvgIpc) is 3.29. The summed E-state index contributed by atoms with van der Waals surface area (Å²) in [5.41, 5.74) is 8.83. The molecule has 1 saturated heterocycles. The highest BCUT2D eigenvalue weighted by Gasteiger charge is 2.28. The second-order valence-corrected chi connectivity index (χ2v) is 8.51. The molecule has 1 atom stereocenters. The molecule has 0 aliphatic carbocycles. The van der Waals surface area contributed by atoms with Gasteiger partial charge in [-0.15, -0.1) is 0 Å². The van der Waals surface area contributed by atoms with Crippen LogP contribution in [0.2, 0.25) is 0 Å². The fraction of sp³-hybridized carbons (Fsp3) is 0.250. The van der Waals surface area contributed by atoms with Crippen LogP contribution in [0, 0.1) is 5.82 Å². The van der Waals surface area contributed by atoms with Crippen LogP contribution in [0.1, 0.15) is 34.8 Å². The van der Waals surface area contributed by atoms with Crippen molar-refractivity contribution >= 4 is 28.9 Å². The Morgan fingerprint density at radius 1 is 1.19 bits per heavy atom. The molecule has 0 radical (unpaired) electrons. The van der Waals surface area contributed by atoms with E-state index in [2.05, 4.69) is 20.3 Å². The van der Waals surface area contributed by atoms with Crippen molar-refractivity contribution in [3.63, 3.8) is 0 Å². The first-order chi connectivity index (χ1) is 17.4. The predicted octanol–water partition coefficient (Wildman–Crippen LogP) is 2.85. The molecule has 4 heterocycles. The third-order valence-electron chi connectivity index (χ3n) is 6.23. The maximum absolute atomic E-state index is 13.8. The Morgan fingerprint density at radius 2 is 2.00 bits per heavy atom. The van der Waals surface area contributed by atoms with Gasteiger partial charge < -0.3 is 21.1 Å². The number of rotatable bonds is 5. The highest BCUT2D eigenvalue weighted by atomic mass is 19.1. The molecule has 36 heavy (non-hydrogen) atoms. The molecule has 1 fully saturated rings. The molecule has 0 saturated carbocycles. The van der Waals surface area contributed by atoms with Crippen molar-refractivity contribution in [2.75, 3.05) is 18.8 Å². The first-order valence-electron chi connectivity index (χ1n) is 11.4. The summed E-state index contributed by atoms with van der Waals surface area (Å²) in [5.74, 6) is -0.934. The van der Waals surface area contributed by atoms with Gasteiger partial charge in [0.1, 0.15) is 17.8 Å². The van der Waals surface area contributed by atoms with Crippen LogP contribution in [-0.2, 0) is 6.54 Å². The van der Waals surface area contributed by atoms with Crippen LogP contribution in [0.5, 0.6) is 0 Å². The monoisotopic (exact) mass is 490 g/mol. The molecule has 11 nitrogen and oxygen atoms in total. The maximum atomic E-state index is 13.8. The number of carbonyl (C=O) groups is 2. The van der Waals surface area contributed by atoms with Gasteiger partial charge in [0.15, 0.2) is 11.5 Å². The molecule has 5 rings (SSSR count). The number of nitrogens with two attached hydrogens (primary N) is 1. The van der Waals surface area contributed by atoms with Crippen molar-refractivity contribution < 1.29 is 19.1 Å². The van der Waals surface area contributed by atoms with Gasteiger partial charge in [-0.25, -0.2) is 23.8 Å². The summed E-state index contributed by atoms with van der Waals surface area (Å²) in [4.78, 5) is 37.3. The number of hydrogen-bond donors (Lipinski definition) is 3. The zero-order valence-corrected chi connectivity index (χ0v) is 19.1. The van der Waals surface area contributed by atoms with Gasteiger partial charge in [-0.2, -0.15) is 5.10 Å². The topological polar surface area (TPSA) is 152 Å². The number of halogens is 1. The molecule has 1 aliphatic heterocycles. The number of nitrogens with one attached hydrogen (secondary N) is 1. The fourth-order valence-electron chi connectivity index (χ4n) is 4.40. The van der Waals surface area contributed by atoms with Gasteiger partial charge >= 0.3 is 6.09 Å². The molecule has 0 spiro atoms. The molecule has 4 N–H and O–H groups in total. The summed E-state index contributed by atoms with van der Waals surface area (Å²) in [6.07, 6.45) is 4.25. The number of pyridine rings is 1. The number of aromatic nitrogens is 5. The fourth-order valence-corrected chi connectivity index (χ4v) is 4.40. The summed E-state index contributed by atoms with van der Waals surface area (Å²) in [6, 6.07) is 8.49. The summed E-state index contributed by atoms with van der Waals surface area (Å²) in [6.45, 7) is 1.00. The van der Waals surface area contributed by atoms with Gasteiger partial charge in [-0.1, -0.05) is 24.3 Å². The van der Waals surface area contributed by atoms with Gasteiger partial charge in [0.2, 0.25) is 0 Å². The standard InChI is InChI=1S/C24H23FN8O3/c25-18-11-27-8-7-17(18)23(34)28-10-14-3-5-15(6-4-14)20-19-21(26)29-13-30-22(19)33(31-20)16-2-1-9-32(12-16)24(35)36/h3-8,11,13,16H,1-2,9-10,12H2,(H,28,34)(H,35,36)(H2,26,29,30)/t16-/m1/s1. The van der Waals surface area contributed by atoms with Crippen LogP contribution in [0.25, 0.3) is 22.3 Å². The van der Waals surface area contributed by atoms with E-state index in [1.807, 2.05) is 24.3 Å². The summed E-state index contributed by atoms with van der Waals surface area (Å²) < 4.78 is 15.5. The highest BCUT2D eigenvalue weighted by Crippen LogP contribution is 2.33. The minimum Gasteiger partial charge on any atom is -0.465 e. The van der Waals surface area contributed by atoms with Gasteiger partial charge in [-0.3, -0.25) is 9.78 Å². The SMILES string of the molecule is Nc1ncnc2c1c(-c1ccc(CNC(=O)c3ccncc3F)cc1)nn2[C@@H]1CCCN(C(=O)O)C1. The number of nitrogen functional groups attached to an aromatic ring is 1. The first-order valence-corrected chi connectivity index (χ1v) is 11.4. The van der Waals surface area contributed by atoms with Crippen LogP contribution in [0.15, 0.2) is 49.1 Å². The number of piperidine rings is 1. The minimum atomic E-state index is -0.958. The van der Waals surface area contributed by atoms with E-state index >= 15 is 0 Å². The maximum Gasteiger partial charge on any atom is 0.407 e. The van der Waals surface area contributed by atoms with Crippen molar-refractivity contribution in [2.45, 2.75) is 25.4 Å². The van der Waals surface area contributed by atoms with Crippen LogP contribution < -0.4 is 11.1 Å². The zero-order chi connectivity index (χ0) is 25.2. The normalized spacial score (nSPS) is 15.7. The Labute approximate surface area is 204 Å². The van der Waals surface area contributed by atoms with Crippen molar-refractivity contribution in [2.24, 2.45) is 0 Å². The molecule has 3 aromatic heterocycles. The minimum absolute atomic E-state index is 0.0710. The number of carboxylic acid groups (broad SMARTS) is 1. The average molecular weight is 490 g/mol. The lowest BCUT2D eigenvalue weighted by Crippen LogP contribution is -2.40. The number of likely N-dealkylation sites (tertiary alicyclic amines) is 1. The summed E-state index contributed by atoms with van der Waals surface area (Å²) in [5, 5.41) is 17.5. The Hall–Kier alpha value is -4.61. The van der Waals surface area contributed by atoms with Gasteiger partial charge in [-0.05, 0) is 24.5 Å². The molecular formula is C24H23FN8O3. The van der Waals surface area contributed by atoms with Crippen LogP contribution in [0.3, 0.4) is 0 Å². The smallest absolute Gasteiger partial charge is 0.407 e. The van der Waals surface area contributed by atoms with E-state index < -0.39 is 17.8 Å². The van der Waals surface area contributed by atoms with Gasteiger partial charge in [0.25, 0.3) is 5.91 Å². The van der Waals surface area contributed by atoms with E-state index in [1.54, 1.807) is 4.68 Å². The van der Waals surface area contributed by atoms with E-state index in [9.17, 15) is 19.1 Å². The first kappa shape index (κ1) is 23.1. The number of nitrogens with zero attached hydrogens (tertiary/aromatic N) is 6. The predicted molar refractivity (Wildman–Crippen MR) is 128 cm³/mol. The van der Waals surface area contributed by atoms with Crippen LogP contribution in [-0.4, -0.2) is 59.8 Å². The Bertz CT molecular complexity index is 1440. The molecule has 12 heteroatoms. The molecule has 4 aromatic rings. The third-order valence-corrected chi connectivity index (χ3v) is 6.23. The van der Waals surface area contributed by atoms with Crippen molar-refractivity contribution in [3.8, 4) is 11.3 Å². The quantitative estimate of drug-likeness (QED) is 0.386. The Morgan fingerprint density at radius 3 is 2.75 bits per heavy atom. The lowest BCUT2D eigenvalue weighted by atomic mass is 10.1. The molecule has 2 amide bonds. The summed E-state index contributed by atoms with van der Waals surface area (Å²) >= 11 is 0. The number of amides is 2. The molecule has 1 aromatic carbocycles. The number of benzene rings is 1. The second-order valence-electron chi connectivity index (χ2n) is 8.51. The highest BCUT2D eigenvalue weighted by molar-refractivity contribution is 5.98. The van der Waals surface area contributed by atoms with Gasteiger partial charge in [0.05, 0.1) is 23.2 Å². The van der Waals surface area contributed by atoms with Crippen molar-refractivity contribution in [1.29, 1.82) is 0 Å². The molecule has 1 aliphatic rings. The number of carbonyl (C=O) groups excluding carboxylic acids is 1. The second kappa shape index (κ2) is 9.56. The Kier molecular flexibility index (Phi) is 6.15. The number of fused-ring (bicyclic) bond motifs is 1. The van der Waals surface area contributed by atoms with Crippen molar-refractivity contribution in [1.82, 2.24) is 34.9 Å². The summed E-state index contributed by atoms with van der Waals surface area (Å²) in [7, 11) is 0. The van der Waals surface area contributed by atoms with Crippen LogP contribution >= 0.6 is 0 Å². The molecular weight excluding hydrogens is 467 g/mol. The Balaban J connectivity index is 1.40. The molecule has 0 unspecified atom stereocenters. The zero-order valence-electron chi connectivity index (χ0n) is 19.1. The molecule has 184 valence electrons. The lowest BCUT2D eigenvalue weighted by molar-refractivity contribution is 0.0946. The van der Waals surface area contributed by atoms with E-state index in [0.29, 0.717) is 29.8 Å². The lowest BCUT2D eigenvalue weighted by Gasteiger charge is -2.30. The van der Waals surface area contributed by atoms with E-state index in [0.717, 1.165) is 30.2 Å². The van der Waals surface area contributed by atoms with Crippen LogP contribution in [0.4, 0.5) is 15.0 Å². The van der Waals surface area contributed by atoms with Crippen molar-refractivity contribution in [3.05, 3.63) is 66.0 Å². The largest absolute Gasteiger partial charge is 0.465 e. The third kappa shape index (κ3) is 4.40.